The molecule has 0 aromatic heterocycles. The van der Waals surface area contributed by atoms with E-state index in [-0.39, 0.29) is 0 Å². The second-order valence-electron chi connectivity index (χ2n) is 6.24. The zero-order valence-electron chi connectivity index (χ0n) is 12.1. The number of hydrogen-bond acceptors (Lipinski definition) is 2. The lowest BCUT2D eigenvalue weighted by molar-refractivity contribution is 0.362. The van der Waals surface area contributed by atoms with E-state index in [0.717, 1.165) is 23.5 Å². The first-order valence-corrected chi connectivity index (χ1v) is 7.65. The summed E-state index contributed by atoms with van der Waals surface area (Å²) in [4.78, 5) is 0. The van der Waals surface area contributed by atoms with E-state index >= 15 is 0 Å². The number of benzene rings is 1. The average Bonchev–Trinajstić information content (AvgIpc) is 3.31. The van der Waals surface area contributed by atoms with Gasteiger partial charge >= 0.3 is 0 Å². The van der Waals surface area contributed by atoms with Crippen LogP contribution < -0.4 is 10.1 Å². The first-order chi connectivity index (χ1) is 9.28. The van der Waals surface area contributed by atoms with E-state index in [1.54, 1.807) is 7.11 Å². The molecular formula is C17H25NO. The van der Waals surface area contributed by atoms with Crippen molar-refractivity contribution in [2.75, 3.05) is 13.7 Å². The Morgan fingerprint density at radius 3 is 2.16 bits per heavy atom. The molecule has 1 aromatic rings. The molecule has 0 aliphatic heterocycles. The number of hydrogen-bond donors (Lipinski definition) is 1. The highest BCUT2D eigenvalue weighted by Crippen LogP contribution is 2.48. The van der Waals surface area contributed by atoms with Crippen molar-refractivity contribution in [1.29, 1.82) is 0 Å². The van der Waals surface area contributed by atoms with E-state index in [2.05, 4.69) is 24.4 Å². The van der Waals surface area contributed by atoms with Crippen molar-refractivity contribution in [1.82, 2.24) is 5.32 Å². The summed E-state index contributed by atoms with van der Waals surface area (Å²) in [5, 5.41) is 3.74. The van der Waals surface area contributed by atoms with E-state index in [9.17, 15) is 0 Å². The van der Waals surface area contributed by atoms with Crippen molar-refractivity contribution >= 4 is 0 Å². The monoisotopic (exact) mass is 259 g/mol. The van der Waals surface area contributed by atoms with Crippen molar-refractivity contribution in [3.8, 4) is 5.75 Å². The zero-order chi connectivity index (χ0) is 13.2. The van der Waals surface area contributed by atoms with Crippen LogP contribution in [0.1, 0.15) is 44.2 Å². The Bertz CT molecular complexity index is 394. The van der Waals surface area contributed by atoms with Crippen LogP contribution in [-0.4, -0.2) is 13.7 Å². The summed E-state index contributed by atoms with van der Waals surface area (Å²) in [5.41, 5.74) is 1.35. The molecule has 2 heteroatoms. The number of ether oxygens (including phenoxy) is 1. The highest BCUT2D eigenvalue weighted by Gasteiger charge is 2.41. The lowest BCUT2D eigenvalue weighted by Crippen LogP contribution is -2.28. The molecule has 3 rings (SSSR count). The Balaban J connectivity index is 1.53. The van der Waals surface area contributed by atoms with Gasteiger partial charge in [0.05, 0.1) is 7.11 Å². The van der Waals surface area contributed by atoms with E-state index in [0.29, 0.717) is 6.04 Å². The Kier molecular flexibility index (Phi) is 3.79. The molecule has 104 valence electrons. The molecule has 1 atom stereocenters. The van der Waals surface area contributed by atoms with Crippen molar-refractivity contribution in [3.05, 3.63) is 29.8 Å². The summed E-state index contributed by atoms with van der Waals surface area (Å²) >= 11 is 0. The first-order valence-electron chi connectivity index (χ1n) is 7.65. The van der Waals surface area contributed by atoms with Gasteiger partial charge in [0, 0.05) is 6.04 Å². The molecule has 2 aliphatic rings. The van der Waals surface area contributed by atoms with Gasteiger partial charge in [0.15, 0.2) is 0 Å². The smallest absolute Gasteiger partial charge is 0.118 e. The number of nitrogens with one attached hydrogen (secondary N) is 1. The molecule has 0 saturated heterocycles. The fraction of sp³-hybridized carbons (Fsp3) is 0.647. The third-order valence-electron chi connectivity index (χ3n) is 4.73. The van der Waals surface area contributed by atoms with E-state index in [1.807, 2.05) is 12.1 Å². The molecule has 0 radical (unpaired) electrons. The molecule has 1 aromatic carbocycles. The van der Waals surface area contributed by atoms with Gasteiger partial charge in [0.1, 0.15) is 5.75 Å². The third kappa shape index (κ3) is 3.30. The van der Waals surface area contributed by atoms with Gasteiger partial charge in [-0.25, -0.2) is 0 Å². The van der Waals surface area contributed by atoms with Crippen molar-refractivity contribution < 1.29 is 4.74 Å². The quantitative estimate of drug-likeness (QED) is 0.804. The highest BCUT2D eigenvalue weighted by atomic mass is 16.5. The molecule has 0 bridgehead atoms. The fourth-order valence-electron chi connectivity index (χ4n) is 3.09. The molecule has 19 heavy (non-hydrogen) atoms. The normalized spacial score (nSPS) is 20.6. The van der Waals surface area contributed by atoms with Crippen molar-refractivity contribution in [2.45, 2.75) is 38.6 Å². The summed E-state index contributed by atoms with van der Waals surface area (Å²) in [6.07, 6.45) is 5.89. The summed E-state index contributed by atoms with van der Waals surface area (Å²) in [6, 6.07) is 8.87. The van der Waals surface area contributed by atoms with Crippen LogP contribution in [0.5, 0.6) is 5.75 Å². The largest absolute Gasteiger partial charge is 0.497 e. The van der Waals surface area contributed by atoms with Gasteiger partial charge in [-0.15, -0.1) is 0 Å². The van der Waals surface area contributed by atoms with Crippen LogP contribution in [0.2, 0.25) is 0 Å². The second kappa shape index (κ2) is 5.54. The van der Waals surface area contributed by atoms with Gasteiger partial charge in [-0.2, -0.15) is 0 Å². The summed E-state index contributed by atoms with van der Waals surface area (Å²) < 4.78 is 5.21. The van der Waals surface area contributed by atoms with Crippen LogP contribution in [-0.2, 0) is 0 Å². The van der Waals surface area contributed by atoms with Gasteiger partial charge in [-0.05, 0) is 74.6 Å². The lowest BCUT2D eigenvalue weighted by atomic mass is 9.97. The van der Waals surface area contributed by atoms with Crippen LogP contribution in [0.25, 0.3) is 0 Å². The topological polar surface area (TPSA) is 21.3 Å². The lowest BCUT2D eigenvalue weighted by Gasteiger charge is -2.20. The minimum absolute atomic E-state index is 0.436. The van der Waals surface area contributed by atoms with E-state index in [1.165, 1.54) is 37.8 Å². The van der Waals surface area contributed by atoms with Crippen molar-refractivity contribution in [3.63, 3.8) is 0 Å². The predicted octanol–water partition coefficient (Wildman–Crippen LogP) is 3.78. The Hall–Kier alpha value is -1.02. The van der Waals surface area contributed by atoms with E-state index < -0.39 is 0 Å². The van der Waals surface area contributed by atoms with Gasteiger partial charge in [-0.3, -0.25) is 0 Å². The van der Waals surface area contributed by atoms with Gasteiger partial charge < -0.3 is 10.1 Å². The van der Waals surface area contributed by atoms with Gasteiger partial charge in [-0.1, -0.05) is 12.1 Å². The molecular weight excluding hydrogens is 234 g/mol. The molecule has 2 aliphatic carbocycles. The van der Waals surface area contributed by atoms with Crippen LogP contribution in [0.15, 0.2) is 24.3 Å². The maximum absolute atomic E-state index is 5.21. The summed E-state index contributed by atoms with van der Waals surface area (Å²) in [7, 11) is 1.71. The molecule has 2 fully saturated rings. The minimum Gasteiger partial charge on any atom is -0.497 e. The summed E-state index contributed by atoms with van der Waals surface area (Å²) in [6.45, 7) is 3.46. The molecule has 0 spiro atoms. The van der Waals surface area contributed by atoms with Crippen LogP contribution in [0.4, 0.5) is 0 Å². The van der Waals surface area contributed by atoms with Crippen molar-refractivity contribution in [2.24, 2.45) is 17.8 Å². The molecule has 0 amide bonds. The Morgan fingerprint density at radius 1 is 1.11 bits per heavy atom. The first kappa shape index (κ1) is 13.0. The fourth-order valence-corrected chi connectivity index (χ4v) is 3.09. The SMILES string of the molecule is COc1ccc(C(C)NCC(C2CC2)C2CC2)cc1. The van der Waals surface area contributed by atoms with E-state index in [4.69, 9.17) is 4.74 Å². The maximum Gasteiger partial charge on any atom is 0.118 e. The molecule has 1 N–H and O–H groups in total. The minimum atomic E-state index is 0.436. The Morgan fingerprint density at radius 2 is 1.68 bits per heavy atom. The molecule has 0 heterocycles. The standard InChI is InChI=1S/C17H25NO/c1-12(13-7-9-16(19-2)10-8-13)18-11-17(14-3-4-14)15-5-6-15/h7-10,12,14-15,17-18H,3-6,11H2,1-2H3. The van der Waals surface area contributed by atoms with Crippen LogP contribution in [0.3, 0.4) is 0 Å². The van der Waals surface area contributed by atoms with Crippen LogP contribution in [0, 0.1) is 17.8 Å². The number of methoxy groups -OCH3 is 1. The third-order valence-corrected chi connectivity index (χ3v) is 4.73. The second-order valence-corrected chi connectivity index (χ2v) is 6.24. The molecule has 2 nitrogen and oxygen atoms in total. The van der Waals surface area contributed by atoms with Gasteiger partial charge in [0.25, 0.3) is 0 Å². The van der Waals surface area contributed by atoms with Gasteiger partial charge in [0.2, 0.25) is 0 Å². The Labute approximate surface area is 116 Å². The summed E-state index contributed by atoms with van der Waals surface area (Å²) in [5.74, 6) is 3.94. The number of rotatable bonds is 7. The zero-order valence-corrected chi connectivity index (χ0v) is 12.1. The average molecular weight is 259 g/mol. The highest BCUT2D eigenvalue weighted by molar-refractivity contribution is 5.28. The van der Waals surface area contributed by atoms with Crippen LogP contribution >= 0.6 is 0 Å². The molecule has 1 unspecified atom stereocenters. The molecule has 2 saturated carbocycles. The maximum atomic E-state index is 5.21. The predicted molar refractivity (Wildman–Crippen MR) is 78.3 cm³/mol.